The van der Waals surface area contributed by atoms with E-state index in [1.165, 1.54) is 44.7 Å². The Morgan fingerprint density at radius 1 is 1.14 bits per heavy atom. The minimum Gasteiger partial charge on any atom is -0.480 e. The number of nitrogens with one attached hydrogen (secondary N) is 1. The van der Waals surface area contributed by atoms with E-state index in [1.54, 1.807) is 0 Å². The maximum absolute atomic E-state index is 12.3. The number of methoxy groups -OCH3 is 2. The van der Waals surface area contributed by atoms with E-state index in [9.17, 15) is 8.42 Å². The molecule has 0 bridgehead atoms. The summed E-state index contributed by atoms with van der Waals surface area (Å²) in [6.07, 6.45) is 1.32. The normalized spacial score (nSPS) is 11.0. The number of hydrogen-bond donors (Lipinski definition) is 2. The van der Waals surface area contributed by atoms with E-state index in [0.717, 1.165) is 0 Å². The third kappa shape index (κ3) is 3.31. The van der Waals surface area contributed by atoms with Crippen molar-refractivity contribution in [2.24, 2.45) is 0 Å². The molecular formula is C12H14N4O4S. The van der Waals surface area contributed by atoms with E-state index >= 15 is 0 Å². The number of rotatable bonds is 5. The molecule has 0 unspecified atom stereocenters. The Bertz CT molecular complexity index is 731. The predicted molar refractivity (Wildman–Crippen MR) is 76.8 cm³/mol. The van der Waals surface area contributed by atoms with Gasteiger partial charge in [-0.3, -0.25) is 4.72 Å². The second-order valence-electron chi connectivity index (χ2n) is 3.94. The minimum atomic E-state index is -3.83. The van der Waals surface area contributed by atoms with E-state index in [4.69, 9.17) is 15.2 Å². The fraction of sp³-hybridized carbons (Fsp3) is 0.167. The predicted octanol–water partition coefficient (Wildman–Crippen LogP) is 0.877. The maximum Gasteiger partial charge on any atom is 0.263 e. The molecule has 21 heavy (non-hydrogen) atoms. The van der Waals surface area contributed by atoms with E-state index in [1.807, 2.05) is 0 Å². The first-order valence-electron chi connectivity index (χ1n) is 5.79. The molecule has 2 rings (SSSR count). The zero-order valence-corrected chi connectivity index (χ0v) is 12.2. The molecule has 0 radical (unpaired) electrons. The van der Waals surface area contributed by atoms with E-state index < -0.39 is 10.0 Å². The molecule has 0 saturated heterocycles. The zero-order chi connectivity index (χ0) is 15.5. The molecule has 8 nitrogen and oxygen atoms in total. The molecule has 0 atom stereocenters. The SMILES string of the molecule is COc1cnc(OC)c(NS(=O)(=O)c2ccc(N)cc2)n1. The number of nitrogens with zero attached hydrogens (tertiary/aromatic N) is 2. The van der Waals surface area contributed by atoms with Gasteiger partial charge in [0, 0.05) is 5.69 Å². The van der Waals surface area contributed by atoms with Crippen LogP contribution in [0.1, 0.15) is 0 Å². The van der Waals surface area contributed by atoms with Crippen molar-refractivity contribution in [3.8, 4) is 11.8 Å². The third-order valence-electron chi connectivity index (χ3n) is 2.54. The molecule has 0 aliphatic carbocycles. The molecule has 0 amide bonds. The minimum absolute atomic E-state index is 0.0369. The van der Waals surface area contributed by atoms with Crippen LogP contribution in [0.3, 0.4) is 0 Å². The summed E-state index contributed by atoms with van der Waals surface area (Å²) >= 11 is 0. The molecule has 0 spiro atoms. The van der Waals surface area contributed by atoms with Gasteiger partial charge in [-0.2, -0.15) is 4.98 Å². The van der Waals surface area contributed by atoms with Crippen molar-refractivity contribution in [2.75, 3.05) is 24.7 Å². The number of hydrogen-bond acceptors (Lipinski definition) is 7. The van der Waals surface area contributed by atoms with Crippen LogP contribution in [-0.4, -0.2) is 32.6 Å². The van der Waals surface area contributed by atoms with Crippen LogP contribution >= 0.6 is 0 Å². The Morgan fingerprint density at radius 2 is 1.81 bits per heavy atom. The van der Waals surface area contributed by atoms with Gasteiger partial charge in [-0.15, -0.1) is 0 Å². The molecule has 1 aromatic carbocycles. The number of nitrogen functional groups attached to an aromatic ring is 1. The number of nitrogens with two attached hydrogens (primary N) is 1. The molecule has 1 aromatic heterocycles. The fourth-order valence-electron chi connectivity index (χ4n) is 1.51. The summed E-state index contributed by atoms with van der Waals surface area (Å²) in [7, 11) is -1.08. The summed E-state index contributed by atoms with van der Waals surface area (Å²) in [5.41, 5.74) is 6.00. The Hall–Kier alpha value is -2.55. The average Bonchev–Trinajstić information content (AvgIpc) is 2.47. The molecular weight excluding hydrogens is 296 g/mol. The van der Waals surface area contributed by atoms with Crippen molar-refractivity contribution in [2.45, 2.75) is 4.90 Å². The molecule has 0 saturated carbocycles. The van der Waals surface area contributed by atoms with Crippen molar-refractivity contribution in [1.82, 2.24) is 9.97 Å². The van der Waals surface area contributed by atoms with Crippen LogP contribution in [0.5, 0.6) is 11.8 Å². The van der Waals surface area contributed by atoms with Gasteiger partial charge in [0.2, 0.25) is 11.7 Å². The van der Waals surface area contributed by atoms with Crippen LogP contribution < -0.4 is 19.9 Å². The summed E-state index contributed by atoms with van der Waals surface area (Å²) in [4.78, 5) is 7.91. The monoisotopic (exact) mass is 310 g/mol. The van der Waals surface area contributed by atoms with Crippen molar-refractivity contribution in [1.29, 1.82) is 0 Å². The van der Waals surface area contributed by atoms with Crippen LogP contribution in [0.15, 0.2) is 35.4 Å². The van der Waals surface area contributed by atoms with Crippen LogP contribution in [0.4, 0.5) is 11.5 Å². The Labute approximate surface area is 122 Å². The van der Waals surface area contributed by atoms with Crippen LogP contribution in [0.2, 0.25) is 0 Å². The molecule has 1 heterocycles. The van der Waals surface area contributed by atoms with Crippen molar-refractivity contribution in [3.05, 3.63) is 30.5 Å². The highest BCUT2D eigenvalue weighted by atomic mass is 32.2. The van der Waals surface area contributed by atoms with Gasteiger partial charge in [-0.25, -0.2) is 13.4 Å². The summed E-state index contributed by atoms with van der Waals surface area (Å²) in [5, 5.41) is 0. The highest BCUT2D eigenvalue weighted by molar-refractivity contribution is 7.92. The van der Waals surface area contributed by atoms with Crippen molar-refractivity contribution in [3.63, 3.8) is 0 Å². The lowest BCUT2D eigenvalue weighted by atomic mass is 10.3. The topological polar surface area (TPSA) is 116 Å². The second-order valence-corrected chi connectivity index (χ2v) is 5.63. The van der Waals surface area contributed by atoms with Gasteiger partial charge in [-0.1, -0.05) is 0 Å². The van der Waals surface area contributed by atoms with Gasteiger partial charge in [0.05, 0.1) is 25.3 Å². The van der Waals surface area contributed by atoms with Crippen molar-refractivity contribution >= 4 is 21.5 Å². The quantitative estimate of drug-likeness (QED) is 0.787. The lowest BCUT2D eigenvalue weighted by molar-refractivity contribution is 0.377. The first-order chi connectivity index (χ1) is 9.96. The van der Waals surface area contributed by atoms with Gasteiger partial charge in [0.15, 0.2) is 0 Å². The second kappa shape index (κ2) is 5.83. The molecule has 112 valence electrons. The molecule has 9 heteroatoms. The summed E-state index contributed by atoms with van der Waals surface area (Å²) in [5.74, 6) is 0.134. The smallest absolute Gasteiger partial charge is 0.263 e. The molecule has 3 N–H and O–H groups in total. The number of benzene rings is 1. The van der Waals surface area contributed by atoms with E-state index in [-0.39, 0.29) is 22.5 Å². The highest BCUT2D eigenvalue weighted by Gasteiger charge is 2.19. The largest absolute Gasteiger partial charge is 0.480 e. The first-order valence-corrected chi connectivity index (χ1v) is 7.28. The Kier molecular flexibility index (Phi) is 4.13. The van der Waals surface area contributed by atoms with Gasteiger partial charge >= 0.3 is 0 Å². The number of anilines is 2. The number of ether oxygens (including phenoxy) is 2. The standard InChI is InChI=1S/C12H14N4O4S/c1-19-10-7-14-12(20-2)11(15-10)16-21(17,18)9-5-3-8(13)4-6-9/h3-7H,13H2,1-2H3,(H,15,16). The molecule has 0 aliphatic heterocycles. The van der Waals surface area contributed by atoms with Crippen LogP contribution in [0.25, 0.3) is 0 Å². The third-order valence-corrected chi connectivity index (χ3v) is 3.90. The van der Waals surface area contributed by atoms with Crippen molar-refractivity contribution < 1.29 is 17.9 Å². The van der Waals surface area contributed by atoms with Gasteiger partial charge < -0.3 is 15.2 Å². The highest BCUT2D eigenvalue weighted by Crippen LogP contribution is 2.24. The van der Waals surface area contributed by atoms with Gasteiger partial charge in [-0.05, 0) is 24.3 Å². The number of aromatic nitrogens is 2. The van der Waals surface area contributed by atoms with Gasteiger partial charge in [0.25, 0.3) is 15.9 Å². The first kappa shape index (κ1) is 14.9. The molecule has 2 aromatic rings. The maximum atomic E-state index is 12.3. The summed E-state index contributed by atoms with van der Waals surface area (Å²) < 4.78 is 36.7. The van der Waals surface area contributed by atoms with E-state index in [0.29, 0.717) is 5.69 Å². The van der Waals surface area contributed by atoms with E-state index in [2.05, 4.69) is 14.7 Å². The average molecular weight is 310 g/mol. The lowest BCUT2D eigenvalue weighted by Gasteiger charge is -2.11. The summed E-state index contributed by atoms with van der Waals surface area (Å²) in [6, 6.07) is 5.75. The molecule has 0 fully saturated rings. The molecule has 0 aliphatic rings. The lowest BCUT2D eigenvalue weighted by Crippen LogP contribution is -2.15. The fourth-order valence-corrected chi connectivity index (χ4v) is 2.51. The number of sulfonamides is 1. The zero-order valence-electron chi connectivity index (χ0n) is 11.4. The Morgan fingerprint density at radius 3 is 2.38 bits per heavy atom. The van der Waals surface area contributed by atoms with Gasteiger partial charge in [0.1, 0.15) is 0 Å². The van der Waals surface area contributed by atoms with Crippen LogP contribution in [0, 0.1) is 0 Å². The van der Waals surface area contributed by atoms with Crippen LogP contribution in [-0.2, 0) is 10.0 Å². The summed E-state index contributed by atoms with van der Waals surface area (Å²) in [6.45, 7) is 0. The Balaban J connectivity index is 2.38.